The Morgan fingerprint density at radius 3 is 2.64 bits per heavy atom. The van der Waals surface area contributed by atoms with Crippen molar-refractivity contribution in [2.75, 3.05) is 7.05 Å². The summed E-state index contributed by atoms with van der Waals surface area (Å²) in [6.45, 7) is 2.70. The van der Waals surface area contributed by atoms with E-state index in [2.05, 4.69) is 10.3 Å². The Hall–Kier alpha value is -0.540. The van der Waals surface area contributed by atoms with Gasteiger partial charge in [0.1, 0.15) is 5.82 Å². The molecule has 0 aliphatic carbocycles. The highest BCUT2D eigenvalue weighted by molar-refractivity contribution is 6.30. The molecule has 0 aromatic carbocycles. The van der Waals surface area contributed by atoms with E-state index in [4.69, 9.17) is 11.6 Å². The zero-order chi connectivity index (χ0) is 8.43. The summed E-state index contributed by atoms with van der Waals surface area (Å²) in [6.07, 6.45) is 0. The fraction of sp³-hybridized carbons (Fsp3) is 0.571. The summed E-state index contributed by atoms with van der Waals surface area (Å²) in [5.74, 6) is 0.945. The number of rotatable bonds is 2. The molecule has 3 nitrogen and oxygen atoms in total. The third kappa shape index (κ3) is 1.54. The molecule has 0 unspecified atom stereocenters. The van der Waals surface area contributed by atoms with Crippen LogP contribution < -0.4 is 5.32 Å². The lowest BCUT2D eigenvalue weighted by atomic mass is 10.4. The summed E-state index contributed by atoms with van der Waals surface area (Å²) in [7, 11) is 3.85. The van der Waals surface area contributed by atoms with E-state index in [0.717, 1.165) is 18.1 Å². The topological polar surface area (TPSA) is 29.9 Å². The van der Waals surface area contributed by atoms with Crippen LogP contribution in [-0.4, -0.2) is 16.6 Å². The molecule has 1 heterocycles. The lowest BCUT2D eigenvalue weighted by Crippen LogP contribution is -2.09. The average molecular weight is 174 g/mol. The van der Waals surface area contributed by atoms with Crippen LogP contribution in [0.15, 0.2) is 0 Å². The predicted octanol–water partition coefficient (Wildman–Crippen LogP) is 1.10. The molecule has 0 atom stereocenters. The van der Waals surface area contributed by atoms with Crippen LogP contribution in [0.2, 0.25) is 5.15 Å². The van der Waals surface area contributed by atoms with Gasteiger partial charge < -0.3 is 9.88 Å². The molecule has 62 valence electrons. The number of nitrogens with zero attached hydrogens (tertiary/aromatic N) is 2. The fourth-order valence-corrected chi connectivity index (χ4v) is 1.29. The first-order valence-corrected chi connectivity index (χ1v) is 3.87. The minimum atomic E-state index is 0.597. The van der Waals surface area contributed by atoms with Crippen LogP contribution in [0, 0.1) is 6.92 Å². The molecule has 1 aromatic heterocycles. The number of aryl methyl sites for hydroxylation is 1. The Labute approximate surface area is 71.4 Å². The van der Waals surface area contributed by atoms with Crippen molar-refractivity contribution in [3.8, 4) is 0 Å². The molecule has 0 aliphatic heterocycles. The molecule has 1 N–H and O–H groups in total. The quantitative estimate of drug-likeness (QED) is 0.726. The van der Waals surface area contributed by atoms with Gasteiger partial charge in [-0.15, -0.1) is 0 Å². The maximum atomic E-state index is 5.86. The molecule has 0 aliphatic rings. The molecule has 1 aromatic rings. The molecule has 0 bridgehead atoms. The number of hydrogen-bond acceptors (Lipinski definition) is 2. The van der Waals surface area contributed by atoms with Gasteiger partial charge in [0.15, 0.2) is 5.15 Å². The zero-order valence-corrected chi connectivity index (χ0v) is 7.74. The second-order valence-electron chi connectivity index (χ2n) is 2.49. The van der Waals surface area contributed by atoms with E-state index in [-0.39, 0.29) is 0 Å². The third-order valence-corrected chi connectivity index (χ3v) is 2.04. The Morgan fingerprint density at radius 2 is 2.27 bits per heavy atom. The Bertz CT molecular complexity index is 254. The van der Waals surface area contributed by atoms with Gasteiger partial charge in [-0.25, -0.2) is 4.98 Å². The summed E-state index contributed by atoms with van der Waals surface area (Å²) in [6, 6.07) is 0. The van der Waals surface area contributed by atoms with Crippen LogP contribution >= 0.6 is 11.6 Å². The molecular formula is C7H12ClN3. The molecule has 0 saturated heterocycles. The maximum absolute atomic E-state index is 5.86. The lowest BCUT2D eigenvalue weighted by Gasteiger charge is -2.01. The van der Waals surface area contributed by atoms with E-state index >= 15 is 0 Å². The summed E-state index contributed by atoms with van der Waals surface area (Å²) in [5.41, 5.74) is 1.03. The Balaban J connectivity index is 3.02. The van der Waals surface area contributed by atoms with Gasteiger partial charge in [0.25, 0.3) is 0 Å². The van der Waals surface area contributed by atoms with Gasteiger partial charge in [0.2, 0.25) is 0 Å². The first kappa shape index (κ1) is 8.56. The van der Waals surface area contributed by atoms with Crippen molar-refractivity contribution in [2.24, 2.45) is 7.05 Å². The molecule has 4 heteroatoms. The molecule has 11 heavy (non-hydrogen) atoms. The number of hydrogen-bond donors (Lipinski definition) is 1. The smallest absolute Gasteiger partial charge is 0.151 e. The predicted molar refractivity (Wildman–Crippen MR) is 45.7 cm³/mol. The summed E-state index contributed by atoms with van der Waals surface area (Å²) in [4.78, 5) is 4.12. The van der Waals surface area contributed by atoms with Crippen LogP contribution in [0.4, 0.5) is 0 Å². The van der Waals surface area contributed by atoms with Crippen LogP contribution in [0.3, 0.4) is 0 Å². The van der Waals surface area contributed by atoms with Gasteiger partial charge in [-0.3, -0.25) is 0 Å². The van der Waals surface area contributed by atoms with Crippen molar-refractivity contribution in [2.45, 2.75) is 13.5 Å². The first-order chi connectivity index (χ1) is 5.16. The Morgan fingerprint density at radius 1 is 1.64 bits per heavy atom. The SMILES string of the molecule is CNCc1c(Cl)nc(C)n1C. The van der Waals surface area contributed by atoms with Gasteiger partial charge in [-0.1, -0.05) is 11.6 Å². The monoisotopic (exact) mass is 173 g/mol. The van der Waals surface area contributed by atoms with E-state index in [1.54, 1.807) is 0 Å². The van der Waals surface area contributed by atoms with Crippen LogP contribution in [-0.2, 0) is 13.6 Å². The van der Waals surface area contributed by atoms with E-state index < -0.39 is 0 Å². The van der Waals surface area contributed by atoms with Crippen molar-refractivity contribution in [3.05, 3.63) is 16.7 Å². The van der Waals surface area contributed by atoms with Gasteiger partial charge in [-0.05, 0) is 14.0 Å². The van der Waals surface area contributed by atoms with Crippen LogP contribution in [0.1, 0.15) is 11.5 Å². The molecule has 0 amide bonds. The normalized spacial score (nSPS) is 10.5. The highest BCUT2D eigenvalue weighted by Crippen LogP contribution is 2.14. The Kier molecular flexibility index (Phi) is 2.52. The first-order valence-electron chi connectivity index (χ1n) is 3.49. The average Bonchev–Trinajstić information content (AvgIpc) is 2.17. The largest absolute Gasteiger partial charge is 0.333 e. The molecule has 0 saturated carbocycles. The summed E-state index contributed by atoms with van der Waals surface area (Å²) >= 11 is 5.86. The van der Waals surface area contributed by atoms with E-state index in [1.807, 2.05) is 25.6 Å². The zero-order valence-electron chi connectivity index (χ0n) is 6.98. The molecule has 0 spiro atoms. The van der Waals surface area contributed by atoms with Crippen molar-refractivity contribution in [1.29, 1.82) is 0 Å². The second kappa shape index (κ2) is 3.24. The number of imidazole rings is 1. The highest BCUT2D eigenvalue weighted by atomic mass is 35.5. The third-order valence-electron chi connectivity index (χ3n) is 1.73. The number of nitrogens with one attached hydrogen (secondary N) is 1. The van der Waals surface area contributed by atoms with Crippen LogP contribution in [0.5, 0.6) is 0 Å². The van der Waals surface area contributed by atoms with Crippen molar-refractivity contribution in [3.63, 3.8) is 0 Å². The molecular weight excluding hydrogens is 162 g/mol. The van der Waals surface area contributed by atoms with Crippen molar-refractivity contribution in [1.82, 2.24) is 14.9 Å². The molecule has 1 rings (SSSR count). The van der Waals surface area contributed by atoms with Crippen LogP contribution in [0.25, 0.3) is 0 Å². The number of aromatic nitrogens is 2. The fourth-order valence-electron chi connectivity index (χ4n) is 0.974. The van der Waals surface area contributed by atoms with Gasteiger partial charge >= 0.3 is 0 Å². The summed E-state index contributed by atoms with van der Waals surface area (Å²) < 4.78 is 1.98. The minimum Gasteiger partial charge on any atom is -0.333 e. The van der Waals surface area contributed by atoms with Gasteiger partial charge in [-0.2, -0.15) is 0 Å². The molecule has 0 fully saturated rings. The van der Waals surface area contributed by atoms with Gasteiger partial charge in [0.05, 0.1) is 5.69 Å². The standard InChI is InChI=1S/C7H12ClN3/c1-5-10-7(8)6(4-9-2)11(5)3/h9H,4H2,1-3H3. The van der Waals surface area contributed by atoms with E-state index in [1.165, 1.54) is 0 Å². The second-order valence-corrected chi connectivity index (χ2v) is 2.84. The number of halogens is 1. The van der Waals surface area contributed by atoms with E-state index in [0.29, 0.717) is 5.15 Å². The van der Waals surface area contributed by atoms with E-state index in [9.17, 15) is 0 Å². The lowest BCUT2D eigenvalue weighted by molar-refractivity contribution is 0.721. The minimum absolute atomic E-state index is 0.597. The van der Waals surface area contributed by atoms with Crippen molar-refractivity contribution >= 4 is 11.6 Å². The summed E-state index contributed by atoms with van der Waals surface area (Å²) in [5, 5.41) is 3.63. The highest BCUT2D eigenvalue weighted by Gasteiger charge is 2.07. The maximum Gasteiger partial charge on any atom is 0.151 e. The molecule has 0 radical (unpaired) electrons. The van der Waals surface area contributed by atoms with Crippen molar-refractivity contribution < 1.29 is 0 Å². The van der Waals surface area contributed by atoms with Gasteiger partial charge in [0, 0.05) is 13.6 Å².